The predicted octanol–water partition coefficient (Wildman–Crippen LogP) is -21.6. The topological polar surface area (TPSA) is 933 Å². The van der Waals surface area contributed by atoms with Crippen LogP contribution in [0.4, 0.5) is 0 Å². The Balaban J connectivity index is 0.975. The standard InChI is InChI=1S/C66H109N3O57S2/c1-13-28(78)37(87)40(90)60(109-13)107-11-23-48(34(84)25(57(99)110-23)67-14(2)75)118-58-26(68-15(3)76)35(85)47(21(9-74)115-58)119-64-45(95)52(33(83)22(116-64)10-106-61-43(93)50(31(81)19(7-72)111-61)121-62-41(91)38(88)29(79)17(5-70)112-62)123-66-55(39(89)30(80)18(6-71)114-66)125-59-27(69-16(4)77)36(86)49(24(117-59)12-108-127(100,101)102)120-63-44(94)51(32(82)20(8-73)113-63)122-65-46(96)53(126-128(103,104)105)42(92)54(124-65)56(97)98/h13,17-55,57-66,70-74,78-96,99H,5-12H2,1-4H3,(H,67,75)(H,68,76)(H,69,77)(H,97,98)(H,100,101,102)(H,103,104,105)/t13-,17+,18+,19+,20+,21+,22+,23+,24+,25+,26+,27+,28+,29+,30+,31+,32-,33+,34+,35+,36+,37+,38-,39-,40-,41-,42-,43-,44+,45-,46+,47+,48+,49+,50-,51-,52-,53-,54-,55-,57?,58-,59-,60+,61-,62+,63-,64-,65+,66+/m0/s1. The molecule has 60 nitrogen and oxygen atoms in total. The maximum atomic E-state index is 13.3. The molecule has 0 spiro atoms. The van der Waals surface area contributed by atoms with Gasteiger partial charge in [0.2, 0.25) is 17.7 Å². The second-order valence-corrected chi connectivity index (χ2v) is 33.5. The second-order valence-electron chi connectivity index (χ2n) is 31.3. The van der Waals surface area contributed by atoms with Crippen molar-refractivity contribution in [3.8, 4) is 0 Å². The fourth-order valence-electron chi connectivity index (χ4n) is 15.7. The maximum Gasteiger partial charge on any atom is 0.397 e. The first-order chi connectivity index (χ1) is 60.0. The summed E-state index contributed by atoms with van der Waals surface area (Å²) in [5, 5.41) is 298. The molecular formula is C66H109N3O57S2. The third-order valence-electron chi connectivity index (χ3n) is 22.4. The number of carboxylic acids is 1. The van der Waals surface area contributed by atoms with Crippen molar-refractivity contribution in [1.82, 2.24) is 16.0 Å². The van der Waals surface area contributed by atoms with Crippen LogP contribution in [0.15, 0.2) is 0 Å². The molecular weight excluding hydrogens is 1810 g/mol. The molecule has 10 fully saturated rings. The fourth-order valence-corrected chi connectivity index (χ4v) is 16.6. The lowest BCUT2D eigenvalue weighted by atomic mass is 9.93. The summed E-state index contributed by atoms with van der Waals surface area (Å²) < 4.78 is 187. The molecule has 10 saturated heterocycles. The van der Waals surface area contributed by atoms with E-state index < -0.39 is 404 Å². The Kier molecular flexibility index (Phi) is 37.0. The number of amides is 3. The first kappa shape index (κ1) is 106. The van der Waals surface area contributed by atoms with Crippen molar-refractivity contribution in [2.75, 3.05) is 52.9 Å². The smallest absolute Gasteiger partial charge is 0.397 e. The highest BCUT2D eigenvalue weighted by Crippen LogP contribution is 2.41. The summed E-state index contributed by atoms with van der Waals surface area (Å²) in [7, 11) is -11.4. The molecule has 10 aliphatic rings. The van der Waals surface area contributed by atoms with Gasteiger partial charge < -0.3 is 239 Å². The van der Waals surface area contributed by atoms with Gasteiger partial charge in [0.25, 0.3) is 0 Å². The van der Waals surface area contributed by atoms with Crippen LogP contribution in [0.2, 0.25) is 0 Å². The van der Waals surface area contributed by atoms with Crippen molar-refractivity contribution < 1.29 is 276 Å². The number of aliphatic hydroxyl groups is 25. The lowest BCUT2D eigenvalue weighted by molar-refractivity contribution is -0.399. The molecule has 10 heterocycles. The van der Waals surface area contributed by atoms with Crippen LogP contribution in [-0.2, 0) is 138 Å². The zero-order chi connectivity index (χ0) is 94.8. The molecule has 0 bridgehead atoms. The average Bonchev–Trinajstić information content (AvgIpc) is 0.766. The molecule has 62 heteroatoms. The van der Waals surface area contributed by atoms with Gasteiger partial charge >= 0.3 is 26.8 Å². The van der Waals surface area contributed by atoms with E-state index in [1.807, 2.05) is 0 Å². The SMILES string of the molecule is CC(=O)N[C@H]1[C@H](O[C@H]2[C@H](O)[C@@H](NC(C)=O)C(O)O[C@@H]2CO[C@@H]2O[C@@H](C)[C@@H](O)[C@@H](O)[C@@H]2O)O[C@H](CO)[C@@H](O[C@@H]2O[C@H](CO[C@H]3O[C@H](CO)[C@@H](O)[C@H](O[C@H]4O[C@H](CO)[C@@H](O)[C@H](O)[C@@H]4O)[C@@H]3O)[C@@H](O)[C@H](O[C@H]3O[C@H](CO)[C@@H](O)[C@H](O)[C@@H]3O[C@@H]3O[C@H](COS(=O)(=O)O)[C@@H](O[C@@H]4O[C@H](CO)[C@H](O)[C@H](O[C@@H]5O[C@H](C(=O)O)[C@@H](O)[C@H](OS(=O)(=O)O)[C@H]5O)[C@H]4O)[C@H](O)[C@H]3NC(C)=O)[C@@H]2O)[C@@H]1O. The van der Waals surface area contributed by atoms with Gasteiger partial charge in [0, 0.05) is 20.8 Å². The lowest BCUT2D eigenvalue weighted by Gasteiger charge is -2.51. The van der Waals surface area contributed by atoms with E-state index in [-0.39, 0.29) is 0 Å². The summed E-state index contributed by atoms with van der Waals surface area (Å²) in [4.78, 5) is 51.1. The normalized spacial score (nSPS) is 48.2. The maximum absolute atomic E-state index is 13.3. The third kappa shape index (κ3) is 24.3. The van der Waals surface area contributed by atoms with Crippen LogP contribution >= 0.6 is 0 Å². The van der Waals surface area contributed by atoms with Crippen molar-refractivity contribution in [3.05, 3.63) is 0 Å². The van der Waals surface area contributed by atoms with Gasteiger partial charge in [-0.3, -0.25) is 23.5 Å². The van der Waals surface area contributed by atoms with E-state index in [9.17, 15) is 178 Å². The van der Waals surface area contributed by atoms with E-state index >= 15 is 0 Å². The Hall–Kier alpha value is -4.14. The number of aliphatic carboxylic acids is 1. The van der Waals surface area contributed by atoms with Gasteiger partial charge in [-0.15, -0.1) is 0 Å². The Morgan fingerprint density at radius 3 is 1.09 bits per heavy atom. The Morgan fingerprint density at radius 2 is 0.617 bits per heavy atom. The van der Waals surface area contributed by atoms with Crippen molar-refractivity contribution >= 4 is 44.5 Å². The number of nitrogens with one attached hydrogen (secondary N) is 3. The van der Waals surface area contributed by atoms with Crippen LogP contribution in [0.3, 0.4) is 0 Å². The molecule has 0 aromatic heterocycles. The number of hydrogen-bond acceptors (Lipinski definition) is 54. The highest BCUT2D eigenvalue weighted by molar-refractivity contribution is 7.81. The fraction of sp³-hybridized carbons (Fsp3) is 0.939. The summed E-state index contributed by atoms with van der Waals surface area (Å²) in [5.41, 5.74) is 0. The van der Waals surface area contributed by atoms with Crippen LogP contribution in [0.1, 0.15) is 27.7 Å². The molecule has 50 atom stereocenters. The minimum Gasteiger partial charge on any atom is -0.479 e. The van der Waals surface area contributed by atoms with Gasteiger partial charge in [-0.05, 0) is 6.92 Å². The molecule has 1 unspecified atom stereocenters. The van der Waals surface area contributed by atoms with Crippen LogP contribution < -0.4 is 16.0 Å². The Bertz CT molecular complexity index is 3810. The molecule has 0 saturated carbocycles. The van der Waals surface area contributed by atoms with Gasteiger partial charge in [0.15, 0.2) is 69.0 Å². The highest BCUT2D eigenvalue weighted by Gasteiger charge is 2.62. The summed E-state index contributed by atoms with van der Waals surface area (Å²) >= 11 is 0. The van der Waals surface area contributed by atoms with E-state index in [2.05, 4.69) is 24.3 Å². The van der Waals surface area contributed by atoms with E-state index in [0.717, 1.165) is 20.8 Å². The van der Waals surface area contributed by atoms with Gasteiger partial charge in [0.1, 0.15) is 232 Å². The Labute approximate surface area is 721 Å². The molecule has 128 heavy (non-hydrogen) atoms. The van der Waals surface area contributed by atoms with Gasteiger partial charge in [-0.25, -0.2) is 13.2 Å². The Morgan fingerprint density at radius 1 is 0.289 bits per heavy atom. The van der Waals surface area contributed by atoms with Crippen molar-refractivity contribution in [2.24, 2.45) is 0 Å². The monoisotopic (exact) mass is 1920 g/mol. The van der Waals surface area contributed by atoms with Crippen LogP contribution in [0, 0.1) is 0 Å². The molecule has 742 valence electrons. The molecule has 0 aromatic rings. The number of carbonyl (C=O) groups is 4. The first-order valence-corrected chi connectivity index (χ1v) is 42.0. The molecule has 0 aromatic carbocycles. The third-order valence-corrected chi connectivity index (χ3v) is 23.3. The average molecular weight is 1920 g/mol. The molecule has 0 radical (unpaired) electrons. The number of ether oxygens (including phenoxy) is 19. The highest BCUT2D eigenvalue weighted by atomic mass is 32.3. The summed E-state index contributed by atoms with van der Waals surface area (Å²) in [6.45, 7) is -5.95. The number of aliphatic hydroxyl groups excluding tert-OH is 25. The van der Waals surface area contributed by atoms with Crippen LogP contribution in [0.25, 0.3) is 0 Å². The zero-order valence-corrected chi connectivity index (χ0v) is 68.8. The van der Waals surface area contributed by atoms with Crippen molar-refractivity contribution in [1.29, 1.82) is 0 Å². The van der Waals surface area contributed by atoms with E-state index in [1.54, 1.807) is 0 Å². The van der Waals surface area contributed by atoms with Crippen molar-refractivity contribution in [3.63, 3.8) is 0 Å². The molecule has 10 aliphatic heterocycles. The predicted molar refractivity (Wildman–Crippen MR) is 384 cm³/mol. The van der Waals surface area contributed by atoms with E-state index in [0.29, 0.717) is 0 Å². The van der Waals surface area contributed by atoms with Gasteiger partial charge in [0.05, 0.1) is 59.0 Å². The van der Waals surface area contributed by atoms with E-state index in [4.69, 9.17) is 90.0 Å². The van der Waals surface area contributed by atoms with Crippen LogP contribution in [-0.4, -0.2) is 542 Å². The molecule has 3 amide bonds. The minimum atomic E-state index is -5.68. The van der Waals surface area contributed by atoms with Gasteiger partial charge in [-0.2, -0.15) is 16.8 Å². The zero-order valence-electron chi connectivity index (χ0n) is 67.2. The largest absolute Gasteiger partial charge is 0.479 e. The van der Waals surface area contributed by atoms with Gasteiger partial charge in [-0.1, -0.05) is 0 Å². The summed E-state index contributed by atoms with van der Waals surface area (Å²) in [6, 6.07) is -6.17. The van der Waals surface area contributed by atoms with Crippen LogP contribution in [0.5, 0.6) is 0 Å². The molecule has 0 aliphatic carbocycles. The minimum absolute atomic E-state index is 0.775. The number of carboxylic acid groups (broad SMARTS) is 1. The second kappa shape index (κ2) is 44.8. The lowest BCUT2D eigenvalue weighted by Crippen LogP contribution is -2.71. The number of rotatable bonds is 34. The first-order valence-electron chi connectivity index (χ1n) is 39.3. The summed E-state index contributed by atoms with van der Waals surface area (Å²) in [6.07, 6.45) is -107. The van der Waals surface area contributed by atoms with Crippen molar-refractivity contribution in [2.45, 2.75) is 335 Å². The quantitative estimate of drug-likeness (QED) is 0.0266. The van der Waals surface area contributed by atoms with E-state index in [1.165, 1.54) is 6.92 Å². The number of carbonyl (C=O) groups excluding carboxylic acids is 3. The molecule has 31 N–H and O–H groups in total. The summed E-state index contributed by atoms with van der Waals surface area (Å²) in [5.74, 6) is -5.18. The number of hydrogen-bond donors (Lipinski definition) is 31. The molecule has 10 rings (SSSR count).